The molecule has 2 aromatic carbocycles. The minimum atomic E-state index is -0.295. The molecular formula is C22H22N2O3. The van der Waals surface area contributed by atoms with Crippen LogP contribution in [0.2, 0.25) is 0 Å². The van der Waals surface area contributed by atoms with Gasteiger partial charge in [0.15, 0.2) is 5.76 Å². The van der Waals surface area contributed by atoms with Gasteiger partial charge in [-0.25, -0.2) is 0 Å². The zero-order valence-corrected chi connectivity index (χ0v) is 15.7. The van der Waals surface area contributed by atoms with E-state index in [1.165, 1.54) is 0 Å². The van der Waals surface area contributed by atoms with E-state index in [2.05, 4.69) is 10.6 Å². The molecule has 5 heteroatoms. The van der Waals surface area contributed by atoms with E-state index in [1.54, 1.807) is 6.07 Å². The summed E-state index contributed by atoms with van der Waals surface area (Å²) in [6.07, 6.45) is 1.90. The maximum Gasteiger partial charge on any atom is 0.291 e. The molecule has 1 fully saturated rings. The first-order valence-electron chi connectivity index (χ1n) is 9.15. The minimum absolute atomic E-state index is 0.0414. The molecule has 138 valence electrons. The molecule has 4 rings (SSSR count). The third-order valence-electron chi connectivity index (χ3n) is 5.07. The summed E-state index contributed by atoms with van der Waals surface area (Å²) >= 11 is 0. The first-order chi connectivity index (χ1) is 12.9. The topological polar surface area (TPSA) is 71.3 Å². The predicted molar refractivity (Wildman–Crippen MR) is 106 cm³/mol. The van der Waals surface area contributed by atoms with Gasteiger partial charge in [0.25, 0.3) is 5.91 Å². The highest BCUT2D eigenvalue weighted by atomic mass is 16.3. The highest BCUT2D eigenvalue weighted by molar-refractivity contribution is 6.07. The first kappa shape index (κ1) is 17.3. The standard InChI is InChI=1S/C22H22N2O3/c1-12-7-10-16(23-21(25)15-8-9-15)11-18(12)24-22(26)20-14(3)17-6-4-5-13(2)19(17)27-20/h4-7,10-11,15H,8-9H2,1-3H3,(H,23,25)(H,24,26). The third-order valence-corrected chi connectivity index (χ3v) is 5.07. The summed E-state index contributed by atoms with van der Waals surface area (Å²) in [5.74, 6) is 0.188. The number of amides is 2. The van der Waals surface area contributed by atoms with E-state index < -0.39 is 0 Å². The van der Waals surface area contributed by atoms with Crippen LogP contribution in [0.1, 0.15) is 40.1 Å². The molecule has 0 unspecified atom stereocenters. The van der Waals surface area contributed by atoms with Crippen molar-refractivity contribution in [3.05, 3.63) is 58.8 Å². The number of furan rings is 1. The summed E-state index contributed by atoms with van der Waals surface area (Å²) in [6.45, 7) is 5.76. The summed E-state index contributed by atoms with van der Waals surface area (Å²) in [6, 6.07) is 11.4. The van der Waals surface area contributed by atoms with E-state index in [4.69, 9.17) is 4.42 Å². The van der Waals surface area contributed by atoms with E-state index in [1.807, 2.05) is 51.1 Å². The number of aryl methyl sites for hydroxylation is 3. The van der Waals surface area contributed by atoms with E-state index in [0.29, 0.717) is 17.1 Å². The van der Waals surface area contributed by atoms with Crippen LogP contribution in [-0.4, -0.2) is 11.8 Å². The van der Waals surface area contributed by atoms with Crippen LogP contribution in [0.25, 0.3) is 11.0 Å². The van der Waals surface area contributed by atoms with Gasteiger partial charge in [-0.1, -0.05) is 24.3 Å². The highest BCUT2D eigenvalue weighted by Crippen LogP contribution is 2.31. The molecule has 1 aromatic heterocycles. The number of nitrogens with one attached hydrogen (secondary N) is 2. The second-order valence-electron chi connectivity index (χ2n) is 7.26. The fourth-order valence-corrected chi connectivity index (χ4v) is 3.20. The van der Waals surface area contributed by atoms with Gasteiger partial charge in [-0.3, -0.25) is 9.59 Å². The number of hydrogen-bond donors (Lipinski definition) is 2. The molecule has 1 heterocycles. The Morgan fingerprint density at radius 1 is 1.00 bits per heavy atom. The molecule has 2 N–H and O–H groups in total. The average Bonchev–Trinajstić information content (AvgIpc) is 3.43. The fraction of sp³-hybridized carbons (Fsp3) is 0.273. The third kappa shape index (κ3) is 3.33. The van der Waals surface area contributed by atoms with E-state index in [0.717, 1.165) is 40.5 Å². The van der Waals surface area contributed by atoms with Crippen LogP contribution >= 0.6 is 0 Å². The van der Waals surface area contributed by atoms with Crippen molar-refractivity contribution < 1.29 is 14.0 Å². The van der Waals surface area contributed by atoms with E-state index in [-0.39, 0.29) is 17.7 Å². The molecule has 0 aliphatic heterocycles. The average molecular weight is 362 g/mol. The van der Waals surface area contributed by atoms with Crippen LogP contribution < -0.4 is 10.6 Å². The van der Waals surface area contributed by atoms with Crippen molar-refractivity contribution in [2.45, 2.75) is 33.6 Å². The first-order valence-corrected chi connectivity index (χ1v) is 9.15. The normalized spacial score (nSPS) is 13.6. The number of anilines is 2. The van der Waals surface area contributed by atoms with Crippen molar-refractivity contribution in [3.8, 4) is 0 Å². The summed E-state index contributed by atoms with van der Waals surface area (Å²) in [5.41, 5.74) is 4.81. The Kier molecular flexibility index (Phi) is 4.22. The summed E-state index contributed by atoms with van der Waals surface area (Å²) in [5, 5.41) is 6.78. The second kappa shape index (κ2) is 6.58. The lowest BCUT2D eigenvalue weighted by atomic mass is 10.1. The molecule has 0 spiro atoms. The summed E-state index contributed by atoms with van der Waals surface area (Å²) in [4.78, 5) is 24.8. The molecule has 1 saturated carbocycles. The van der Waals surface area contributed by atoms with Gasteiger partial charge in [-0.2, -0.15) is 0 Å². The van der Waals surface area contributed by atoms with Crippen molar-refractivity contribution in [1.29, 1.82) is 0 Å². The second-order valence-corrected chi connectivity index (χ2v) is 7.26. The van der Waals surface area contributed by atoms with E-state index in [9.17, 15) is 9.59 Å². The van der Waals surface area contributed by atoms with Crippen molar-refractivity contribution in [1.82, 2.24) is 0 Å². The maximum atomic E-state index is 12.8. The molecule has 5 nitrogen and oxygen atoms in total. The largest absolute Gasteiger partial charge is 0.450 e. The Labute approximate surface area is 157 Å². The van der Waals surface area contributed by atoms with Gasteiger partial charge in [-0.15, -0.1) is 0 Å². The predicted octanol–water partition coefficient (Wildman–Crippen LogP) is 4.96. The Morgan fingerprint density at radius 3 is 2.48 bits per heavy atom. The lowest BCUT2D eigenvalue weighted by Crippen LogP contribution is -2.15. The monoisotopic (exact) mass is 362 g/mol. The number of rotatable bonds is 4. The van der Waals surface area contributed by atoms with Gasteiger partial charge in [0.2, 0.25) is 5.91 Å². The van der Waals surface area contributed by atoms with Crippen LogP contribution in [0.15, 0.2) is 40.8 Å². The molecule has 27 heavy (non-hydrogen) atoms. The van der Waals surface area contributed by atoms with Crippen molar-refractivity contribution in [3.63, 3.8) is 0 Å². The van der Waals surface area contributed by atoms with Gasteiger partial charge >= 0.3 is 0 Å². The molecule has 0 bridgehead atoms. The SMILES string of the molecule is Cc1ccc(NC(=O)C2CC2)cc1NC(=O)c1oc2c(C)cccc2c1C. The Balaban J connectivity index is 1.60. The molecular weight excluding hydrogens is 340 g/mol. The van der Waals surface area contributed by atoms with Crippen LogP contribution in [-0.2, 0) is 4.79 Å². The van der Waals surface area contributed by atoms with Crippen molar-refractivity contribution in [2.24, 2.45) is 5.92 Å². The number of carbonyl (C=O) groups excluding carboxylic acids is 2. The number of benzene rings is 2. The quantitative estimate of drug-likeness (QED) is 0.689. The van der Waals surface area contributed by atoms with Gasteiger partial charge in [0, 0.05) is 28.2 Å². The Hall–Kier alpha value is -3.08. The number of para-hydroxylation sites is 1. The van der Waals surface area contributed by atoms with Crippen LogP contribution in [0, 0.1) is 26.7 Å². The molecule has 1 aliphatic carbocycles. The van der Waals surface area contributed by atoms with Crippen LogP contribution in [0.5, 0.6) is 0 Å². The smallest absolute Gasteiger partial charge is 0.291 e. The summed E-state index contributed by atoms with van der Waals surface area (Å²) in [7, 11) is 0. The fourth-order valence-electron chi connectivity index (χ4n) is 3.20. The van der Waals surface area contributed by atoms with E-state index >= 15 is 0 Å². The Morgan fingerprint density at radius 2 is 1.78 bits per heavy atom. The lowest BCUT2D eigenvalue weighted by Gasteiger charge is -2.11. The minimum Gasteiger partial charge on any atom is -0.450 e. The van der Waals surface area contributed by atoms with Gasteiger partial charge in [0.05, 0.1) is 0 Å². The molecule has 0 atom stereocenters. The zero-order chi connectivity index (χ0) is 19.1. The van der Waals surface area contributed by atoms with Gasteiger partial charge < -0.3 is 15.1 Å². The molecule has 0 saturated heterocycles. The number of hydrogen-bond acceptors (Lipinski definition) is 3. The zero-order valence-electron chi connectivity index (χ0n) is 15.7. The van der Waals surface area contributed by atoms with Gasteiger partial charge in [-0.05, 0) is 56.9 Å². The number of carbonyl (C=O) groups is 2. The Bertz CT molecular complexity index is 1060. The van der Waals surface area contributed by atoms with Crippen LogP contribution in [0.3, 0.4) is 0 Å². The molecule has 3 aromatic rings. The summed E-state index contributed by atoms with van der Waals surface area (Å²) < 4.78 is 5.86. The lowest BCUT2D eigenvalue weighted by molar-refractivity contribution is -0.117. The molecule has 1 aliphatic rings. The maximum absolute atomic E-state index is 12.8. The van der Waals surface area contributed by atoms with Crippen LogP contribution in [0.4, 0.5) is 11.4 Å². The molecule has 2 amide bonds. The highest BCUT2D eigenvalue weighted by Gasteiger charge is 2.29. The van der Waals surface area contributed by atoms with Crippen molar-refractivity contribution >= 4 is 34.2 Å². The molecule has 0 radical (unpaired) electrons. The van der Waals surface area contributed by atoms with Crippen molar-refractivity contribution in [2.75, 3.05) is 10.6 Å². The van der Waals surface area contributed by atoms with Gasteiger partial charge in [0.1, 0.15) is 5.58 Å². The number of fused-ring (bicyclic) bond motifs is 1.